The largest absolute Gasteiger partial charge is 0.507 e. The molecule has 0 spiro atoms. The molecule has 0 bridgehead atoms. The molecule has 0 amide bonds. The van der Waals surface area contributed by atoms with E-state index < -0.39 is 5.78 Å². The van der Waals surface area contributed by atoms with Gasteiger partial charge in [0, 0.05) is 5.56 Å². The summed E-state index contributed by atoms with van der Waals surface area (Å²) in [5, 5.41) is 9.63. The first-order chi connectivity index (χ1) is 10.5. The molecule has 0 radical (unpaired) electrons. The zero-order valence-corrected chi connectivity index (χ0v) is 12.3. The monoisotopic (exact) mass is 314 g/mol. The highest BCUT2D eigenvalue weighted by atomic mass is 35.5. The van der Waals surface area contributed by atoms with Crippen LogP contribution in [0.2, 0.25) is 0 Å². The van der Waals surface area contributed by atoms with E-state index in [0.29, 0.717) is 11.3 Å². The minimum atomic E-state index is -0.555. The van der Waals surface area contributed by atoms with Crippen molar-refractivity contribution in [1.29, 1.82) is 0 Å². The lowest BCUT2D eigenvalue weighted by atomic mass is 9.85. The number of methoxy groups -OCH3 is 1. The third kappa shape index (κ3) is 2.09. The number of aromatic hydroxyl groups is 1. The summed E-state index contributed by atoms with van der Waals surface area (Å²) in [5.41, 5.74) is 0.764. The third-order valence-corrected chi connectivity index (χ3v) is 3.90. The molecule has 0 fully saturated rings. The third-order valence-electron chi connectivity index (χ3n) is 3.54. The molecule has 0 atom stereocenters. The molecule has 0 heterocycles. The topological polar surface area (TPSA) is 63.6 Å². The maximum absolute atomic E-state index is 12.6. The Morgan fingerprint density at radius 3 is 2.32 bits per heavy atom. The predicted octanol–water partition coefficient (Wildman–Crippen LogP) is 3.43. The van der Waals surface area contributed by atoms with Crippen molar-refractivity contribution in [3.63, 3.8) is 0 Å². The molecule has 0 aliphatic heterocycles. The first kappa shape index (κ1) is 14.4. The molecule has 0 saturated carbocycles. The Morgan fingerprint density at radius 2 is 1.68 bits per heavy atom. The van der Waals surface area contributed by atoms with Crippen molar-refractivity contribution in [2.24, 2.45) is 0 Å². The summed E-state index contributed by atoms with van der Waals surface area (Å²) in [6.07, 6.45) is 0. The zero-order chi connectivity index (χ0) is 15.9. The summed E-state index contributed by atoms with van der Waals surface area (Å²) < 4.78 is 5.07. The molecule has 1 N–H and O–H groups in total. The second-order valence-corrected chi connectivity index (χ2v) is 5.15. The number of hydrogen-bond acceptors (Lipinski definition) is 4. The Kier molecular flexibility index (Phi) is 3.47. The molecule has 5 heteroatoms. The Labute approximate surface area is 131 Å². The van der Waals surface area contributed by atoms with Crippen LogP contribution in [0.25, 0.3) is 5.57 Å². The average molecular weight is 315 g/mol. The normalized spacial score (nSPS) is 14.1. The van der Waals surface area contributed by atoms with Crippen molar-refractivity contribution in [3.05, 3.63) is 64.2 Å². The number of carbonyl (C=O) groups excluding carboxylic acids is 2. The van der Waals surface area contributed by atoms with Crippen LogP contribution < -0.4 is 4.74 Å². The van der Waals surface area contributed by atoms with Crippen LogP contribution in [0.3, 0.4) is 0 Å². The number of halogens is 1. The highest BCUT2D eigenvalue weighted by Gasteiger charge is 2.34. The molecule has 4 nitrogen and oxygen atoms in total. The fraction of sp³-hybridized carbons (Fsp3) is 0.0588. The molecule has 2 aromatic carbocycles. The van der Waals surface area contributed by atoms with Gasteiger partial charge in [-0.05, 0) is 23.8 Å². The van der Waals surface area contributed by atoms with Gasteiger partial charge in [-0.1, -0.05) is 35.9 Å². The van der Waals surface area contributed by atoms with Gasteiger partial charge < -0.3 is 9.84 Å². The average Bonchev–Trinajstić information content (AvgIpc) is 2.53. The van der Waals surface area contributed by atoms with Crippen molar-refractivity contribution < 1.29 is 19.4 Å². The number of fused-ring (bicyclic) bond motifs is 1. The van der Waals surface area contributed by atoms with E-state index in [4.69, 9.17) is 16.3 Å². The molecular weight excluding hydrogens is 304 g/mol. The maximum atomic E-state index is 12.6. The lowest BCUT2D eigenvalue weighted by Gasteiger charge is -2.18. The van der Waals surface area contributed by atoms with E-state index in [9.17, 15) is 14.7 Å². The summed E-state index contributed by atoms with van der Waals surface area (Å²) in [6.45, 7) is 0. The molecule has 1 aliphatic carbocycles. The zero-order valence-electron chi connectivity index (χ0n) is 11.6. The van der Waals surface area contributed by atoms with Gasteiger partial charge in [0.25, 0.3) is 0 Å². The second kappa shape index (κ2) is 5.31. The molecule has 1 aliphatic rings. The number of hydrogen-bond donors (Lipinski definition) is 1. The standard InChI is InChI=1S/C17H11ClO4/c1-22-10-7-5-9(6-8-10)13-15(18)17(21)14-11(16(13)20)3-2-4-12(14)19/h2-8,19H,1H3. The Bertz CT molecular complexity index is 819. The second-order valence-electron chi connectivity index (χ2n) is 4.78. The molecule has 3 rings (SSSR count). The van der Waals surface area contributed by atoms with Crippen LogP contribution in [0, 0.1) is 0 Å². The smallest absolute Gasteiger partial charge is 0.209 e. The first-order valence-electron chi connectivity index (χ1n) is 6.50. The quantitative estimate of drug-likeness (QED) is 0.922. The predicted molar refractivity (Wildman–Crippen MR) is 82.5 cm³/mol. The summed E-state index contributed by atoms with van der Waals surface area (Å²) >= 11 is 6.10. The van der Waals surface area contributed by atoms with Gasteiger partial charge in [-0.25, -0.2) is 0 Å². The molecule has 0 unspecified atom stereocenters. The minimum Gasteiger partial charge on any atom is -0.507 e. The summed E-state index contributed by atoms with van der Waals surface area (Å²) in [7, 11) is 1.54. The van der Waals surface area contributed by atoms with Crippen LogP contribution in [-0.4, -0.2) is 23.8 Å². The number of phenols is 1. The van der Waals surface area contributed by atoms with Gasteiger partial charge in [-0.2, -0.15) is 0 Å². The Balaban J connectivity index is 2.18. The van der Waals surface area contributed by atoms with Gasteiger partial charge >= 0.3 is 0 Å². The van der Waals surface area contributed by atoms with Gasteiger partial charge in [-0.3, -0.25) is 9.59 Å². The fourth-order valence-electron chi connectivity index (χ4n) is 2.44. The number of ketones is 2. The summed E-state index contributed by atoms with van der Waals surface area (Å²) in [5.74, 6) is -0.559. The van der Waals surface area contributed by atoms with Crippen molar-refractivity contribution in [1.82, 2.24) is 0 Å². The SMILES string of the molecule is COc1ccc(C2=C(Cl)C(=O)c3c(O)cccc3C2=O)cc1. The van der Waals surface area contributed by atoms with Gasteiger partial charge in [-0.15, -0.1) is 0 Å². The number of ether oxygens (including phenoxy) is 1. The van der Waals surface area contributed by atoms with E-state index in [2.05, 4.69) is 0 Å². The summed E-state index contributed by atoms with van der Waals surface area (Å²) in [4.78, 5) is 25.0. The van der Waals surface area contributed by atoms with Crippen LogP contribution in [0.15, 0.2) is 47.5 Å². The van der Waals surface area contributed by atoms with Crippen LogP contribution in [0.1, 0.15) is 26.3 Å². The fourth-order valence-corrected chi connectivity index (χ4v) is 2.73. The molecule has 0 aromatic heterocycles. The lowest BCUT2D eigenvalue weighted by Crippen LogP contribution is -2.19. The Morgan fingerprint density at radius 1 is 1.00 bits per heavy atom. The lowest BCUT2D eigenvalue weighted by molar-refractivity contribution is 0.0995. The molecule has 0 saturated heterocycles. The number of benzene rings is 2. The molecular formula is C17H11ClO4. The van der Waals surface area contributed by atoms with Gasteiger partial charge in [0.1, 0.15) is 16.5 Å². The Hall–Kier alpha value is -2.59. The molecule has 2 aromatic rings. The van der Waals surface area contributed by atoms with E-state index in [-0.39, 0.29) is 33.3 Å². The van der Waals surface area contributed by atoms with Gasteiger partial charge in [0.05, 0.1) is 18.2 Å². The number of Topliss-reactive ketones (excluding diaryl/α,β-unsaturated/α-hetero) is 2. The van der Waals surface area contributed by atoms with E-state index >= 15 is 0 Å². The van der Waals surface area contributed by atoms with Crippen molar-refractivity contribution >= 4 is 28.7 Å². The van der Waals surface area contributed by atoms with Crippen LogP contribution in [0.5, 0.6) is 11.5 Å². The number of carbonyl (C=O) groups is 2. The van der Waals surface area contributed by atoms with E-state index in [1.165, 1.54) is 25.3 Å². The number of phenolic OH excluding ortho intramolecular Hbond substituents is 1. The van der Waals surface area contributed by atoms with Crippen LogP contribution >= 0.6 is 11.6 Å². The van der Waals surface area contributed by atoms with Crippen molar-refractivity contribution in [3.8, 4) is 11.5 Å². The van der Waals surface area contributed by atoms with Gasteiger partial charge in [0.15, 0.2) is 5.78 Å². The van der Waals surface area contributed by atoms with Crippen molar-refractivity contribution in [2.45, 2.75) is 0 Å². The molecule has 22 heavy (non-hydrogen) atoms. The maximum Gasteiger partial charge on any atom is 0.209 e. The number of rotatable bonds is 2. The minimum absolute atomic E-state index is 0.0465. The van der Waals surface area contributed by atoms with Crippen LogP contribution in [-0.2, 0) is 0 Å². The summed E-state index contributed by atoms with van der Waals surface area (Å²) in [6, 6.07) is 11.1. The highest BCUT2D eigenvalue weighted by molar-refractivity contribution is 6.57. The number of allylic oxidation sites excluding steroid dienone is 2. The van der Waals surface area contributed by atoms with E-state index in [0.717, 1.165) is 0 Å². The van der Waals surface area contributed by atoms with Gasteiger partial charge in [0.2, 0.25) is 5.78 Å². The van der Waals surface area contributed by atoms with E-state index in [1.54, 1.807) is 24.3 Å². The first-order valence-corrected chi connectivity index (χ1v) is 6.88. The highest BCUT2D eigenvalue weighted by Crippen LogP contribution is 2.37. The van der Waals surface area contributed by atoms with Crippen LogP contribution in [0.4, 0.5) is 0 Å². The van der Waals surface area contributed by atoms with Crippen molar-refractivity contribution in [2.75, 3.05) is 7.11 Å². The van der Waals surface area contributed by atoms with E-state index in [1.807, 2.05) is 0 Å². The molecule has 110 valence electrons.